The smallest absolute Gasteiger partial charge is 0.262 e. The normalized spacial score (nSPS) is 11.4. The van der Waals surface area contributed by atoms with E-state index >= 15 is 0 Å². The summed E-state index contributed by atoms with van der Waals surface area (Å²) in [7, 11) is 0.694. The van der Waals surface area contributed by atoms with E-state index in [1.807, 2.05) is 32.9 Å². The fourth-order valence-electron chi connectivity index (χ4n) is 2.87. The fraction of sp³-hybridized carbons (Fsp3) is 0.350. The first-order valence-corrected chi connectivity index (χ1v) is 10.1. The second kappa shape index (κ2) is 8.62. The number of hydrogen-bond donors (Lipinski definition) is 1. The van der Waals surface area contributed by atoms with Gasteiger partial charge in [-0.2, -0.15) is 0 Å². The Balaban J connectivity index is 2.19. The van der Waals surface area contributed by atoms with E-state index in [0.717, 1.165) is 21.0 Å². The molecule has 0 aromatic heterocycles. The summed E-state index contributed by atoms with van der Waals surface area (Å²) in [6, 6.07) is 8.27. The van der Waals surface area contributed by atoms with Crippen molar-refractivity contribution < 1.29 is 22.7 Å². The number of ether oxygens (including phenoxy) is 2. The van der Waals surface area contributed by atoms with Gasteiger partial charge in [0.1, 0.15) is 11.5 Å². The summed E-state index contributed by atoms with van der Waals surface area (Å²) in [5.41, 5.74) is 3.27. The molecule has 0 heterocycles. The van der Waals surface area contributed by atoms with Gasteiger partial charge in [0.2, 0.25) is 10.0 Å². The zero-order chi connectivity index (χ0) is 21.1. The molecule has 0 aliphatic rings. The SMILES string of the molecule is COc1ccc(S(=O)(=O)N(C)C)cc1NC(=O)COc1c(C)cc(C)cc1C. The van der Waals surface area contributed by atoms with Gasteiger partial charge in [0.15, 0.2) is 6.61 Å². The number of nitrogens with one attached hydrogen (secondary N) is 1. The Bertz CT molecular complexity index is 961. The largest absolute Gasteiger partial charge is 0.495 e. The summed E-state index contributed by atoms with van der Waals surface area (Å²) in [5.74, 6) is 0.600. The Morgan fingerprint density at radius 1 is 1.07 bits per heavy atom. The topological polar surface area (TPSA) is 84.9 Å². The molecule has 0 unspecified atom stereocenters. The van der Waals surface area contributed by atoms with Gasteiger partial charge in [0.25, 0.3) is 5.91 Å². The second-order valence-corrected chi connectivity index (χ2v) is 8.87. The first kappa shape index (κ1) is 21.7. The molecule has 0 radical (unpaired) electrons. The van der Waals surface area contributed by atoms with Gasteiger partial charge in [0.05, 0.1) is 17.7 Å². The molecule has 1 amide bonds. The van der Waals surface area contributed by atoms with Crippen molar-refractivity contribution in [1.29, 1.82) is 0 Å². The minimum atomic E-state index is -3.64. The van der Waals surface area contributed by atoms with Crippen molar-refractivity contribution in [3.63, 3.8) is 0 Å². The van der Waals surface area contributed by atoms with E-state index < -0.39 is 15.9 Å². The van der Waals surface area contributed by atoms with Gasteiger partial charge in [-0.15, -0.1) is 0 Å². The monoisotopic (exact) mass is 406 g/mol. The third-order valence-electron chi connectivity index (χ3n) is 4.18. The van der Waals surface area contributed by atoms with Crippen LogP contribution in [-0.4, -0.2) is 46.4 Å². The van der Waals surface area contributed by atoms with Crippen LogP contribution in [0.1, 0.15) is 16.7 Å². The van der Waals surface area contributed by atoms with E-state index in [0.29, 0.717) is 11.5 Å². The van der Waals surface area contributed by atoms with E-state index in [9.17, 15) is 13.2 Å². The highest BCUT2D eigenvalue weighted by Crippen LogP contribution is 2.29. The number of methoxy groups -OCH3 is 1. The molecular weight excluding hydrogens is 380 g/mol. The summed E-state index contributed by atoms with van der Waals surface area (Å²) >= 11 is 0. The Morgan fingerprint density at radius 3 is 2.21 bits per heavy atom. The van der Waals surface area contributed by atoms with Gasteiger partial charge >= 0.3 is 0 Å². The van der Waals surface area contributed by atoms with Crippen LogP contribution in [0.3, 0.4) is 0 Å². The lowest BCUT2D eigenvalue weighted by Gasteiger charge is -2.16. The number of aryl methyl sites for hydroxylation is 3. The van der Waals surface area contributed by atoms with Crippen molar-refractivity contribution in [3.05, 3.63) is 47.0 Å². The summed E-state index contributed by atoms with van der Waals surface area (Å²) in [5, 5.41) is 2.66. The van der Waals surface area contributed by atoms with Crippen LogP contribution in [0.15, 0.2) is 35.2 Å². The summed E-state index contributed by atoms with van der Waals surface area (Å²) in [4.78, 5) is 12.4. The Morgan fingerprint density at radius 2 is 1.68 bits per heavy atom. The third kappa shape index (κ3) is 4.82. The third-order valence-corrected chi connectivity index (χ3v) is 5.99. The van der Waals surface area contributed by atoms with E-state index in [4.69, 9.17) is 9.47 Å². The maximum Gasteiger partial charge on any atom is 0.262 e. The van der Waals surface area contributed by atoms with Gasteiger partial charge in [-0.1, -0.05) is 17.7 Å². The van der Waals surface area contributed by atoms with Crippen molar-refractivity contribution in [2.24, 2.45) is 0 Å². The van der Waals surface area contributed by atoms with Crippen molar-refractivity contribution in [2.75, 3.05) is 33.1 Å². The fourth-order valence-corrected chi connectivity index (χ4v) is 3.80. The molecule has 0 atom stereocenters. The van der Waals surface area contributed by atoms with Crippen molar-refractivity contribution in [1.82, 2.24) is 4.31 Å². The number of amides is 1. The molecule has 1 N–H and O–H groups in total. The maximum atomic E-state index is 12.4. The molecule has 0 bridgehead atoms. The summed E-state index contributed by atoms with van der Waals surface area (Å²) in [6.45, 7) is 5.63. The van der Waals surface area contributed by atoms with Gasteiger partial charge < -0.3 is 14.8 Å². The molecule has 2 aromatic carbocycles. The average Bonchev–Trinajstić information content (AvgIpc) is 2.60. The molecule has 0 saturated carbocycles. The zero-order valence-corrected chi connectivity index (χ0v) is 17.8. The number of anilines is 1. The Labute approximate surface area is 166 Å². The predicted molar refractivity (Wildman–Crippen MR) is 109 cm³/mol. The first-order chi connectivity index (χ1) is 13.1. The molecule has 152 valence electrons. The van der Waals surface area contributed by atoms with E-state index in [-0.39, 0.29) is 17.2 Å². The Hall–Kier alpha value is -2.58. The Kier molecular flexibility index (Phi) is 6.69. The van der Waals surface area contributed by atoms with Gasteiger partial charge in [-0.25, -0.2) is 12.7 Å². The van der Waals surface area contributed by atoms with Crippen LogP contribution in [0.25, 0.3) is 0 Å². The van der Waals surface area contributed by atoms with E-state index in [1.165, 1.54) is 39.4 Å². The molecule has 2 aromatic rings. The molecule has 0 saturated heterocycles. The van der Waals surface area contributed by atoms with E-state index in [1.54, 1.807) is 0 Å². The van der Waals surface area contributed by atoms with Crippen molar-refractivity contribution in [2.45, 2.75) is 25.7 Å². The quantitative estimate of drug-likeness (QED) is 0.764. The lowest BCUT2D eigenvalue weighted by Crippen LogP contribution is -2.23. The molecule has 7 nitrogen and oxygen atoms in total. The predicted octanol–water partition coefficient (Wildman–Crippen LogP) is 2.89. The summed E-state index contributed by atoms with van der Waals surface area (Å²) in [6.07, 6.45) is 0. The number of carbonyl (C=O) groups is 1. The van der Waals surface area contributed by atoms with Crippen LogP contribution in [0.4, 0.5) is 5.69 Å². The van der Waals surface area contributed by atoms with Crippen molar-refractivity contribution >= 4 is 21.6 Å². The molecule has 8 heteroatoms. The highest BCUT2D eigenvalue weighted by atomic mass is 32.2. The highest BCUT2D eigenvalue weighted by Gasteiger charge is 2.20. The number of benzene rings is 2. The van der Waals surface area contributed by atoms with Crippen LogP contribution in [0.2, 0.25) is 0 Å². The molecule has 28 heavy (non-hydrogen) atoms. The number of rotatable bonds is 7. The van der Waals surface area contributed by atoms with Crippen LogP contribution in [0, 0.1) is 20.8 Å². The van der Waals surface area contributed by atoms with Crippen LogP contribution in [-0.2, 0) is 14.8 Å². The molecule has 0 fully saturated rings. The molecule has 2 rings (SSSR count). The standard InChI is InChI=1S/C20H26N2O5S/c1-13-9-14(2)20(15(3)10-13)27-12-19(23)21-17-11-16(7-8-18(17)26-6)28(24,25)22(4)5/h7-11H,12H2,1-6H3,(H,21,23). The molecular formula is C20H26N2O5S. The number of carbonyl (C=O) groups excluding carboxylic acids is 1. The van der Waals surface area contributed by atoms with Gasteiger partial charge in [-0.3, -0.25) is 4.79 Å². The van der Waals surface area contributed by atoms with Gasteiger partial charge in [0, 0.05) is 14.1 Å². The number of nitrogens with zero attached hydrogens (tertiary/aromatic N) is 1. The average molecular weight is 407 g/mol. The second-order valence-electron chi connectivity index (χ2n) is 6.71. The van der Waals surface area contributed by atoms with Crippen LogP contribution < -0.4 is 14.8 Å². The zero-order valence-electron chi connectivity index (χ0n) is 17.0. The number of hydrogen-bond acceptors (Lipinski definition) is 5. The lowest BCUT2D eigenvalue weighted by atomic mass is 10.1. The maximum absolute atomic E-state index is 12.4. The molecule has 0 aliphatic carbocycles. The summed E-state index contributed by atoms with van der Waals surface area (Å²) < 4.78 is 36.7. The van der Waals surface area contributed by atoms with Crippen molar-refractivity contribution in [3.8, 4) is 11.5 Å². The van der Waals surface area contributed by atoms with Crippen LogP contribution >= 0.6 is 0 Å². The first-order valence-electron chi connectivity index (χ1n) is 8.67. The molecule has 0 spiro atoms. The molecule has 0 aliphatic heterocycles. The lowest BCUT2D eigenvalue weighted by molar-refractivity contribution is -0.118. The van der Waals surface area contributed by atoms with Gasteiger partial charge in [-0.05, 0) is 50.1 Å². The highest BCUT2D eigenvalue weighted by molar-refractivity contribution is 7.89. The minimum absolute atomic E-state index is 0.0553. The van der Waals surface area contributed by atoms with Crippen LogP contribution in [0.5, 0.6) is 11.5 Å². The number of sulfonamides is 1. The minimum Gasteiger partial charge on any atom is -0.495 e. The van der Waals surface area contributed by atoms with E-state index in [2.05, 4.69) is 5.32 Å².